The van der Waals surface area contributed by atoms with Gasteiger partial charge in [0.2, 0.25) is 0 Å². The van der Waals surface area contributed by atoms with Crippen LogP contribution in [0.25, 0.3) is 0 Å². The third-order valence-corrected chi connectivity index (χ3v) is 3.01. The highest BCUT2D eigenvalue weighted by Crippen LogP contribution is 2.15. The molecule has 0 atom stereocenters. The van der Waals surface area contributed by atoms with Crippen molar-refractivity contribution in [3.8, 4) is 0 Å². The summed E-state index contributed by atoms with van der Waals surface area (Å²) < 4.78 is 0. The maximum atomic E-state index is 4.42. The summed E-state index contributed by atoms with van der Waals surface area (Å²) in [5.41, 5.74) is 4.95. The summed E-state index contributed by atoms with van der Waals surface area (Å²) in [5, 5.41) is 0. The smallest absolute Gasteiger partial charge is 0.0891 e. The second kappa shape index (κ2) is 4.50. The van der Waals surface area contributed by atoms with Crippen LogP contribution in [0, 0.1) is 0 Å². The molecular formula is C15H14N2. The minimum atomic E-state index is 0.870. The van der Waals surface area contributed by atoms with Gasteiger partial charge in [0.05, 0.1) is 18.0 Å². The topological polar surface area (TPSA) is 25.2 Å². The number of rotatable bonds is 4. The van der Waals surface area contributed by atoms with E-state index in [0.29, 0.717) is 0 Å². The van der Waals surface area contributed by atoms with E-state index in [1.54, 1.807) is 0 Å². The SMILES string of the molecule is c1ccc(CCc2cccnc2C2=NC2)cc1. The van der Waals surface area contributed by atoms with Crippen LogP contribution in [0.15, 0.2) is 53.7 Å². The molecule has 0 aliphatic carbocycles. The van der Waals surface area contributed by atoms with Crippen LogP contribution in [-0.4, -0.2) is 17.2 Å². The van der Waals surface area contributed by atoms with E-state index >= 15 is 0 Å². The van der Waals surface area contributed by atoms with Crippen LogP contribution >= 0.6 is 0 Å². The second-order valence-corrected chi connectivity index (χ2v) is 4.26. The number of aromatic nitrogens is 1. The maximum absolute atomic E-state index is 4.42. The molecule has 0 saturated heterocycles. The second-order valence-electron chi connectivity index (χ2n) is 4.26. The van der Waals surface area contributed by atoms with Crippen LogP contribution < -0.4 is 0 Å². The molecule has 0 unspecified atom stereocenters. The molecule has 1 aromatic heterocycles. The molecule has 1 aromatic carbocycles. The Morgan fingerprint density at radius 2 is 1.76 bits per heavy atom. The van der Waals surface area contributed by atoms with E-state index in [1.165, 1.54) is 11.1 Å². The fourth-order valence-corrected chi connectivity index (χ4v) is 2.01. The first-order chi connectivity index (χ1) is 8.43. The monoisotopic (exact) mass is 222 g/mol. The molecule has 0 spiro atoms. The molecule has 0 N–H and O–H groups in total. The lowest BCUT2D eigenvalue weighted by Crippen LogP contribution is -2.01. The third kappa shape index (κ3) is 2.41. The van der Waals surface area contributed by atoms with Crippen molar-refractivity contribution in [1.82, 2.24) is 4.98 Å². The molecule has 2 heterocycles. The maximum Gasteiger partial charge on any atom is 0.0891 e. The normalized spacial score (nSPS) is 13.3. The summed E-state index contributed by atoms with van der Waals surface area (Å²) in [7, 11) is 0. The van der Waals surface area contributed by atoms with Crippen molar-refractivity contribution in [1.29, 1.82) is 0 Å². The minimum absolute atomic E-state index is 0.870. The van der Waals surface area contributed by atoms with E-state index in [1.807, 2.05) is 12.3 Å². The first-order valence-corrected chi connectivity index (χ1v) is 5.95. The first kappa shape index (κ1) is 10.2. The Labute approximate surface area is 101 Å². The quantitative estimate of drug-likeness (QED) is 0.780. The van der Waals surface area contributed by atoms with Crippen LogP contribution in [0.3, 0.4) is 0 Å². The van der Waals surface area contributed by atoms with Crippen molar-refractivity contribution in [2.45, 2.75) is 12.8 Å². The van der Waals surface area contributed by atoms with Gasteiger partial charge in [-0.05, 0) is 30.0 Å². The molecule has 2 aromatic rings. The van der Waals surface area contributed by atoms with Gasteiger partial charge in [-0.1, -0.05) is 36.4 Å². The van der Waals surface area contributed by atoms with Crippen LogP contribution in [0.2, 0.25) is 0 Å². The van der Waals surface area contributed by atoms with Gasteiger partial charge in [0.1, 0.15) is 0 Å². The zero-order valence-electron chi connectivity index (χ0n) is 9.63. The lowest BCUT2D eigenvalue weighted by Gasteiger charge is -2.05. The zero-order chi connectivity index (χ0) is 11.5. The van der Waals surface area contributed by atoms with Gasteiger partial charge in [0.15, 0.2) is 0 Å². The summed E-state index contributed by atoms with van der Waals surface area (Å²) in [5.74, 6) is 0. The van der Waals surface area contributed by atoms with Gasteiger partial charge in [0.25, 0.3) is 0 Å². The Hall–Kier alpha value is -1.96. The lowest BCUT2D eigenvalue weighted by molar-refractivity contribution is 0.946. The van der Waals surface area contributed by atoms with E-state index in [9.17, 15) is 0 Å². The van der Waals surface area contributed by atoms with Gasteiger partial charge in [-0.3, -0.25) is 9.98 Å². The van der Waals surface area contributed by atoms with Gasteiger partial charge in [-0.25, -0.2) is 0 Å². The standard InChI is InChI=1S/C15H14N2/c1-2-5-12(6-3-1)8-9-13-7-4-10-16-15(13)14-11-17-14/h1-7,10H,8-9,11H2. The highest BCUT2D eigenvalue weighted by molar-refractivity contribution is 6.09. The summed E-state index contributed by atoms with van der Waals surface area (Å²) in [6.07, 6.45) is 3.95. The third-order valence-electron chi connectivity index (χ3n) is 3.01. The Morgan fingerprint density at radius 3 is 2.53 bits per heavy atom. The number of nitrogens with zero attached hydrogens (tertiary/aromatic N) is 2. The molecule has 2 nitrogen and oxygen atoms in total. The Morgan fingerprint density at radius 1 is 0.941 bits per heavy atom. The number of hydrogen-bond acceptors (Lipinski definition) is 2. The fourth-order valence-electron chi connectivity index (χ4n) is 2.01. The summed E-state index contributed by atoms with van der Waals surface area (Å²) in [6.45, 7) is 0.870. The molecule has 84 valence electrons. The molecule has 17 heavy (non-hydrogen) atoms. The molecule has 0 fully saturated rings. The largest absolute Gasteiger partial charge is 0.279 e. The molecule has 2 heteroatoms. The Balaban J connectivity index is 1.75. The van der Waals surface area contributed by atoms with Crippen molar-refractivity contribution in [2.75, 3.05) is 6.54 Å². The average molecular weight is 222 g/mol. The molecular weight excluding hydrogens is 208 g/mol. The van der Waals surface area contributed by atoms with Gasteiger partial charge in [0, 0.05) is 6.20 Å². The van der Waals surface area contributed by atoms with E-state index in [4.69, 9.17) is 0 Å². The van der Waals surface area contributed by atoms with Crippen LogP contribution in [-0.2, 0) is 12.8 Å². The number of aliphatic imine (C=N–C) groups is 1. The molecule has 0 bridgehead atoms. The molecule has 1 aliphatic heterocycles. The summed E-state index contributed by atoms with van der Waals surface area (Å²) >= 11 is 0. The molecule has 0 amide bonds. The first-order valence-electron chi connectivity index (χ1n) is 5.95. The number of pyridine rings is 1. The molecule has 1 aliphatic rings. The predicted octanol–water partition coefficient (Wildman–Crippen LogP) is 2.67. The molecule has 0 radical (unpaired) electrons. The van der Waals surface area contributed by atoms with Crippen LogP contribution in [0.5, 0.6) is 0 Å². The van der Waals surface area contributed by atoms with Gasteiger partial charge in [-0.15, -0.1) is 0 Å². The minimum Gasteiger partial charge on any atom is -0.279 e. The number of benzene rings is 1. The van der Waals surface area contributed by atoms with Crippen molar-refractivity contribution < 1.29 is 0 Å². The van der Waals surface area contributed by atoms with Gasteiger partial charge >= 0.3 is 0 Å². The highest BCUT2D eigenvalue weighted by atomic mass is 14.9. The van der Waals surface area contributed by atoms with Crippen molar-refractivity contribution >= 4 is 5.71 Å². The lowest BCUT2D eigenvalue weighted by atomic mass is 10.0. The predicted molar refractivity (Wildman–Crippen MR) is 69.5 cm³/mol. The number of hydrogen-bond donors (Lipinski definition) is 0. The molecule has 0 saturated carbocycles. The average Bonchev–Trinajstić information content (AvgIpc) is 3.22. The van der Waals surface area contributed by atoms with Gasteiger partial charge in [-0.2, -0.15) is 0 Å². The van der Waals surface area contributed by atoms with E-state index in [-0.39, 0.29) is 0 Å². The van der Waals surface area contributed by atoms with Crippen molar-refractivity contribution in [2.24, 2.45) is 4.99 Å². The zero-order valence-corrected chi connectivity index (χ0v) is 9.63. The Bertz CT molecular complexity index is 544. The van der Waals surface area contributed by atoms with E-state index < -0.39 is 0 Å². The van der Waals surface area contributed by atoms with E-state index in [0.717, 1.165) is 30.8 Å². The Kier molecular flexibility index (Phi) is 2.70. The summed E-state index contributed by atoms with van der Waals surface area (Å²) in [6, 6.07) is 14.7. The van der Waals surface area contributed by atoms with Gasteiger partial charge < -0.3 is 0 Å². The fraction of sp³-hybridized carbons (Fsp3) is 0.200. The van der Waals surface area contributed by atoms with E-state index in [2.05, 4.69) is 46.4 Å². The van der Waals surface area contributed by atoms with Crippen LogP contribution in [0.1, 0.15) is 16.8 Å². The van der Waals surface area contributed by atoms with Crippen molar-refractivity contribution in [3.63, 3.8) is 0 Å². The van der Waals surface area contributed by atoms with Crippen LogP contribution in [0.4, 0.5) is 0 Å². The number of aryl methyl sites for hydroxylation is 2. The highest BCUT2D eigenvalue weighted by Gasteiger charge is 2.17. The molecule has 3 rings (SSSR count). The summed E-state index contributed by atoms with van der Waals surface area (Å²) in [4.78, 5) is 8.66. The van der Waals surface area contributed by atoms with Crippen molar-refractivity contribution in [3.05, 3.63) is 65.5 Å².